The molecule has 2 saturated carbocycles. The van der Waals surface area contributed by atoms with Crippen LogP contribution in [0.1, 0.15) is 77.0 Å². The van der Waals surface area contributed by atoms with Gasteiger partial charge in [-0.1, -0.05) is 25.7 Å². The van der Waals surface area contributed by atoms with Crippen molar-refractivity contribution in [3.8, 4) is 0 Å². The predicted molar refractivity (Wildman–Crippen MR) is 93.9 cm³/mol. The topological polar surface area (TPSA) is 35.5 Å². The molecule has 4 unspecified atom stereocenters. The van der Waals surface area contributed by atoms with Gasteiger partial charge >= 0.3 is 0 Å². The first-order valence-electron chi connectivity index (χ1n) is 10.4. The molecule has 0 N–H and O–H groups in total. The molecule has 3 heteroatoms. The lowest BCUT2D eigenvalue weighted by Gasteiger charge is -2.10. The van der Waals surface area contributed by atoms with E-state index in [1.807, 2.05) is 0 Å². The van der Waals surface area contributed by atoms with E-state index in [9.17, 15) is 4.79 Å². The first kappa shape index (κ1) is 17.0. The summed E-state index contributed by atoms with van der Waals surface area (Å²) in [4.78, 5) is 12.0. The molecule has 2 aliphatic heterocycles. The molecule has 2 aliphatic carbocycles. The van der Waals surface area contributed by atoms with Crippen LogP contribution in [-0.2, 0) is 14.3 Å². The molecule has 2 heterocycles. The molecule has 2 saturated heterocycles. The largest absolute Gasteiger partial charge is 0.381 e. The second kappa shape index (κ2) is 7.07. The van der Waals surface area contributed by atoms with Crippen LogP contribution < -0.4 is 0 Å². The van der Waals surface area contributed by atoms with E-state index in [0.29, 0.717) is 16.6 Å². The highest BCUT2D eigenvalue weighted by Gasteiger charge is 2.57. The molecule has 4 atom stereocenters. The van der Waals surface area contributed by atoms with E-state index in [-0.39, 0.29) is 0 Å². The molecule has 3 nitrogen and oxygen atoms in total. The van der Waals surface area contributed by atoms with Crippen molar-refractivity contribution in [1.82, 2.24) is 0 Å². The van der Waals surface area contributed by atoms with Crippen molar-refractivity contribution in [2.24, 2.45) is 22.7 Å². The van der Waals surface area contributed by atoms with Gasteiger partial charge in [0.1, 0.15) is 5.78 Å². The smallest absolute Gasteiger partial charge is 0.132 e. The molecule has 0 aromatic carbocycles. The average Bonchev–Trinajstić information content (AvgIpc) is 3.35. The highest BCUT2D eigenvalue weighted by atomic mass is 16.5. The third kappa shape index (κ3) is 3.72. The van der Waals surface area contributed by atoms with E-state index in [4.69, 9.17) is 9.47 Å². The van der Waals surface area contributed by atoms with E-state index in [0.717, 1.165) is 63.9 Å². The number of fused-ring (bicyclic) bond motifs is 2. The summed E-state index contributed by atoms with van der Waals surface area (Å²) >= 11 is 0. The molecule has 0 aromatic rings. The predicted octanol–water partition coefficient (Wildman–Crippen LogP) is 4.53. The van der Waals surface area contributed by atoms with Crippen molar-refractivity contribution in [2.45, 2.75) is 77.0 Å². The minimum absolute atomic E-state index is 0.494. The van der Waals surface area contributed by atoms with Crippen LogP contribution in [-0.4, -0.2) is 32.2 Å². The van der Waals surface area contributed by atoms with E-state index < -0.39 is 0 Å². The minimum atomic E-state index is 0.494. The molecule has 0 aromatic heterocycles. The number of Topliss-reactive ketones (excluding diaryl/α,β-unsaturated/α-hetero) is 1. The Morgan fingerprint density at radius 2 is 1.25 bits per heavy atom. The van der Waals surface area contributed by atoms with E-state index in [1.165, 1.54) is 51.4 Å². The monoisotopic (exact) mass is 334 g/mol. The maximum atomic E-state index is 12.0. The lowest BCUT2D eigenvalue weighted by atomic mass is 9.96. The zero-order chi connectivity index (χ0) is 16.5. The Balaban J connectivity index is 0.966. The number of hydrogen-bond donors (Lipinski definition) is 0. The van der Waals surface area contributed by atoms with Gasteiger partial charge in [0.25, 0.3) is 0 Å². The maximum Gasteiger partial charge on any atom is 0.132 e. The van der Waals surface area contributed by atoms with Gasteiger partial charge in [0.15, 0.2) is 0 Å². The van der Waals surface area contributed by atoms with Crippen molar-refractivity contribution in [1.29, 1.82) is 0 Å². The number of rotatable bonds is 12. The molecule has 0 radical (unpaired) electrons. The Morgan fingerprint density at radius 1 is 0.750 bits per heavy atom. The number of hydrogen-bond acceptors (Lipinski definition) is 3. The molecule has 4 fully saturated rings. The molecule has 24 heavy (non-hydrogen) atoms. The second-order valence-electron chi connectivity index (χ2n) is 9.22. The number of ether oxygens (including phenoxy) is 2. The molecule has 4 rings (SSSR count). The van der Waals surface area contributed by atoms with Gasteiger partial charge in [0.05, 0.1) is 26.4 Å². The Kier molecular flexibility index (Phi) is 5.02. The molecule has 136 valence electrons. The molecule has 4 aliphatic rings. The van der Waals surface area contributed by atoms with Crippen LogP contribution in [0.4, 0.5) is 0 Å². The SMILES string of the molecule is O=C(CCCCCC12COCC1C2)CCCCCC12COCC1C2. The molecular weight excluding hydrogens is 300 g/mol. The average molecular weight is 335 g/mol. The van der Waals surface area contributed by atoms with E-state index >= 15 is 0 Å². The Labute approximate surface area is 146 Å². The van der Waals surface area contributed by atoms with Gasteiger partial charge < -0.3 is 9.47 Å². The van der Waals surface area contributed by atoms with Crippen molar-refractivity contribution in [2.75, 3.05) is 26.4 Å². The van der Waals surface area contributed by atoms with Crippen LogP contribution in [0, 0.1) is 22.7 Å². The Morgan fingerprint density at radius 3 is 1.62 bits per heavy atom. The fourth-order valence-electron chi connectivity index (χ4n) is 5.33. The van der Waals surface area contributed by atoms with Gasteiger partial charge in [0.2, 0.25) is 0 Å². The number of carbonyl (C=O) groups excluding carboxylic acids is 1. The third-order valence-corrected chi connectivity index (χ3v) is 7.40. The maximum absolute atomic E-state index is 12.0. The van der Waals surface area contributed by atoms with Gasteiger partial charge in [-0.05, 0) is 61.2 Å². The third-order valence-electron chi connectivity index (χ3n) is 7.40. The molecule has 0 bridgehead atoms. The Hall–Kier alpha value is -0.410. The summed E-state index contributed by atoms with van der Waals surface area (Å²) in [6.07, 6.45) is 14.3. The first-order chi connectivity index (χ1) is 11.7. The van der Waals surface area contributed by atoms with Crippen molar-refractivity contribution >= 4 is 5.78 Å². The van der Waals surface area contributed by atoms with Crippen molar-refractivity contribution < 1.29 is 14.3 Å². The first-order valence-corrected chi connectivity index (χ1v) is 10.4. The highest BCUT2D eigenvalue weighted by molar-refractivity contribution is 5.78. The highest BCUT2D eigenvalue weighted by Crippen LogP contribution is 2.60. The van der Waals surface area contributed by atoms with Gasteiger partial charge in [0, 0.05) is 12.8 Å². The summed E-state index contributed by atoms with van der Waals surface area (Å²) in [5, 5.41) is 0. The van der Waals surface area contributed by atoms with Gasteiger partial charge in [-0.15, -0.1) is 0 Å². The fourth-order valence-corrected chi connectivity index (χ4v) is 5.33. The van der Waals surface area contributed by atoms with Crippen LogP contribution >= 0.6 is 0 Å². The normalized spacial score (nSPS) is 38.8. The summed E-state index contributed by atoms with van der Waals surface area (Å²) < 4.78 is 11.1. The van der Waals surface area contributed by atoms with Crippen LogP contribution in [0.2, 0.25) is 0 Å². The van der Waals surface area contributed by atoms with E-state index in [1.54, 1.807) is 0 Å². The summed E-state index contributed by atoms with van der Waals surface area (Å²) in [7, 11) is 0. The molecule has 0 spiro atoms. The summed E-state index contributed by atoms with van der Waals surface area (Å²) in [5.41, 5.74) is 1.16. The molecular formula is C21H34O3. The summed E-state index contributed by atoms with van der Waals surface area (Å²) in [6.45, 7) is 4.02. The van der Waals surface area contributed by atoms with Crippen molar-refractivity contribution in [3.63, 3.8) is 0 Å². The number of ketones is 1. The quantitative estimate of drug-likeness (QED) is 0.492. The minimum Gasteiger partial charge on any atom is -0.381 e. The zero-order valence-corrected chi connectivity index (χ0v) is 15.2. The van der Waals surface area contributed by atoms with Crippen LogP contribution in [0.15, 0.2) is 0 Å². The molecule has 0 amide bonds. The number of unbranched alkanes of at least 4 members (excludes halogenated alkanes) is 4. The zero-order valence-electron chi connectivity index (χ0n) is 15.2. The van der Waals surface area contributed by atoms with Gasteiger partial charge in [-0.3, -0.25) is 4.79 Å². The fraction of sp³-hybridized carbons (Fsp3) is 0.952. The van der Waals surface area contributed by atoms with Crippen LogP contribution in [0.5, 0.6) is 0 Å². The number of carbonyl (C=O) groups is 1. The summed E-state index contributed by atoms with van der Waals surface area (Å²) in [6, 6.07) is 0. The van der Waals surface area contributed by atoms with E-state index in [2.05, 4.69) is 0 Å². The lowest BCUT2D eigenvalue weighted by Crippen LogP contribution is -2.05. The van der Waals surface area contributed by atoms with Gasteiger partial charge in [-0.25, -0.2) is 0 Å². The van der Waals surface area contributed by atoms with Crippen molar-refractivity contribution in [3.05, 3.63) is 0 Å². The lowest BCUT2D eigenvalue weighted by molar-refractivity contribution is -0.119. The Bertz CT molecular complexity index is 422. The van der Waals surface area contributed by atoms with Crippen LogP contribution in [0.25, 0.3) is 0 Å². The summed E-state index contributed by atoms with van der Waals surface area (Å²) in [5.74, 6) is 2.24. The standard InChI is InChI=1S/C21H34O3/c22-19(7-3-1-5-9-20-11-17(20)13-23-15-20)8-4-2-6-10-21-12-18(21)14-24-16-21/h17-18H,1-16H2. The second-order valence-corrected chi connectivity index (χ2v) is 9.22. The van der Waals surface area contributed by atoms with Gasteiger partial charge in [-0.2, -0.15) is 0 Å². The van der Waals surface area contributed by atoms with Crippen LogP contribution in [0.3, 0.4) is 0 Å².